The Hall–Kier alpha value is 0. The van der Waals surface area contributed by atoms with Crippen molar-refractivity contribution in [1.82, 2.24) is 0 Å². The third-order valence-corrected chi connectivity index (χ3v) is 5.79. The van der Waals surface area contributed by atoms with Crippen LogP contribution in [0, 0.1) is 23.2 Å². The molecule has 0 aliphatic heterocycles. The standard InChI is InChI=1S/2C6H12.2C5H10.C5H12.C4H10.C3H8/c2*1-6-4-2-3-5-6;2*1-2-4-5-3-1;1-5(2,3)4;1-4(2)3;1-3-2/h2*6H,2-5H2,1H3;2*1-5H2;1-4H3;4H,1-3H3;3H2,1-2H3. The zero-order valence-electron chi connectivity index (χ0n) is 26.7. The third-order valence-electron chi connectivity index (χ3n) is 5.79. The molecule has 4 aliphatic carbocycles. The first kappa shape index (κ1) is 38.5. The Labute approximate surface area is 221 Å². The van der Waals surface area contributed by atoms with E-state index in [1.54, 1.807) is 0 Å². The van der Waals surface area contributed by atoms with Crippen LogP contribution in [0.25, 0.3) is 0 Å². The van der Waals surface area contributed by atoms with Crippen molar-refractivity contribution < 1.29 is 0 Å². The lowest BCUT2D eigenvalue weighted by atomic mass is 10.0. The Kier molecular flexibility index (Phi) is 33.1. The van der Waals surface area contributed by atoms with Crippen LogP contribution >= 0.6 is 0 Å². The van der Waals surface area contributed by atoms with E-state index in [4.69, 9.17) is 0 Å². The molecule has 0 heterocycles. The maximum absolute atomic E-state index is 2.34. The van der Waals surface area contributed by atoms with E-state index in [9.17, 15) is 0 Å². The fraction of sp³-hybridized carbons (Fsp3) is 1.00. The molecule has 0 nitrogen and oxygen atoms in total. The zero-order chi connectivity index (χ0) is 26.7. The highest BCUT2D eigenvalue weighted by molar-refractivity contribution is 4.61. The highest BCUT2D eigenvalue weighted by Gasteiger charge is 2.07. The van der Waals surface area contributed by atoms with E-state index in [1.165, 1.54) is 122 Å². The minimum absolute atomic E-state index is 0.500. The van der Waals surface area contributed by atoms with Crippen molar-refractivity contribution in [3.05, 3.63) is 0 Å². The number of hydrogen-bond acceptors (Lipinski definition) is 0. The van der Waals surface area contributed by atoms with Crippen LogP contribution in [0.2, 0.25) is 0 Å². The molecule has 0 aromatic heterocycles. The summed E-state index contributed by atoms with van der Waals surface area (Å²) in [7, 11) is 0. The quantitative estimate of drug-likeness (QED) is 0.322. The first-order chi connectivity index (χ1) is 15.9. The molecule has 0 amide bonds. The number of hydrogen-bond donors (Lipinski definition) is 0. The van der Waals surface area contributed by atoms with Crippen LogP contribution in [0.4, 0.5) is 0 Å². The van der Waals surface area contributed by atoms with Crippen molar-refractivity contribution in [3.8, 4) is 0 Å². The molecule has 0 bridgehead atoms. The fourth-order valence-electron chi connectivity index (χ4n) is 4.03. The van der Waals surface area contributed by atoms with Crippen molar-refractivity contribution in [3.63, 3.8) is 0 Å². The van der Waals surface area contributed by atoms with E-state index in [0.717, 1.165) is 17.8 Å². The van der Waals surface area contributed by atoms with Gasteiger partial charge in [0.2, 0.25) is 0 Å². The van der Waals surface area contributed by atoms with Crippen LogP contribution in [0.5, 0.6) is 0 Å². The maximum Gasteiger partial charge on any atom is -0.0411 e. The summed E-state index contributed by atoms with van der Waals surface area (Å²) in [4.78, 5) is 0. The van der Waals surface area contributed by atoms with Gasteiger partial charge in [-0.05, 0) is 23.2 Å². The monoisotopic (exact) mass is 483 g/mol. The van der Waals surface area contributed by atoms with E-state index in [0.29, 0.717) is 5.41 Å². The molecule has 4 aliphatic rings. The summed E-state index contributed by atoms with van der Waals surface area (Å²) in [5.41, 5.74) is 0.500. The molecule has 0 aromatic rings. The molecule has 4 rings (SSSR count). The fourth-order valence-corrected chi connectivity index (χ4v) is 4.03. The van der Waals surface area contributed by atoms with Gasteiger partial charge in [0.25, 0.3) is 0 Å². The van der Waals surface area contributed by atoms with E-state index in [1.807, 2.05) is 0 Å². The van der Waals surface area contributed by atoms with Crippen LogP contribution in [0.1, 0.15) is 198 Å². The van der Waals surface area contributed by atoms with Gasteiger partial charge in [-0.25, -0.2) is 0 Å². The highest BCUT2D eigenvalue weighted by Crippen LogP contribution is 2.23. The average molecular weight is 483 g/mol. The van der Waals surface area contributed by atoms with Gasteiger partial charge in [-0.3, -0.25) is 0 Å². The lowest BCUT2D eigenvalue weighted by Crippen LogP contribution is -1.93. The molecule has 0 N–H and O–H groups in total. The summed E-state index contributed by atoms with van der Waals surface area (Å²) >= 11 is 0. The Morgan fingerprint density at radius 1 is 0.471 bits per heavy atom. The van der Waals surface area contributed by atoms with E-state index >= 15 is 0 Å². The molecule has 0 aromatic carbocycles. The van der Waals surface area contributed by atoms with Gasteiger partial charge in [-0.1, -0.05) is 198 Å². The molecule has 0 spiro atoms. The summed E-state index contributed by atoms with van der Waals surface area (Å²) in [6.07, 6.45) is 28.1. The highest BCUT2D eigenvalue weighted by atomic mass is 14.1. The summed E-state index contributed by atoms with van der Waals surface area (Å²) in [5, 5.41) is 0. The summed E-state index contributed by atoms with van der Waals surface area (Å²) in [5.74, 6) is 2.93. The first-order valence-electron chi connectivity index (χ1n) is 15.9. The molecule has 4 fully saturated rings. The van der Waals surface area contributed by atoms with Gasteiger partial charge in [0.05, 0.1) is 0 Å². The van der Waals surface area contributed by atoms with Gasteiger partial charge < -0.3 is 0 Å². The Morgan fingerprint density at radius 3 is 0.647 bits per heavy atom. The molecule has 0 radical (unpaired) electrons. The van der Waals surface area contributed by atoms with Gasteiger partial charge >= 0.3 is 0 Å². The lowest BCUT2D eigenvalue weighted by Gasteiger charge is -2.05. The van der Waals surface area contributed by atoms with Crippen molar-refractivity contribution in [2.45, 2.75) is 198 Å². The van der Waals surface area contributed by atoms with Crippen molar-refractivity contribution in [2.75, 3.05) is 0 Å². The molecule has 0 atom stereocenters. The molecule has 0 unspecified atom stereocenters. The van der Waals surface area contributed by atoms with E-state index < -0.39 is 0 Å². The third kappa shape index (κ3) is 53.4. The van der Waals surface area contributed by atoms with Crippen LogP contribution in [0.15, 0.2) is 0 Å². The molecule has 0 heteroatoms. The predicted molar refractivity (Wildman–Crippen MR) is 163 cm³/mol. The molecular weight excluding hydrogens is 408 g/mol. The van der Waals surface area contributed by atoms with Gasteiger partial charge in [-0.2, -0.15) is 0 Å². The van der Waals surface area contributed by atoms with Gasteiger partial charge in [0, 0.05) is 0 Å². The second-order valence-corrected chi connectivity index (χ2v) is 13.8. The summed E-state index contributed by atoms with van der Waals surface area (Å²) in [6.45, 7) is 24.2. The van der Waals surface area contributed by atoms with Crippen LogP contribution in [0.3, 0.4) is 0 Å². The average Bonchev–Trinajstić information content (AvgIpc) is 3.51. The Morgan fingerprint density at radius 2 is 0.588 bits per heavy atom. The van der Waals surface area contributed by atoms with Crippen LogP contribution in [-0.2, 0) is 0 Å². The van der Waals surface area contributed by atoms with Crippen molar-refractivity contribution >= 4 is 0 Å². The topological polar surface area (TPSA) is 0 Å². The van der Waals surface area contributed by atoms with Crippen molar-refractivity contribution in [2.24, 2.45) is 23.2 Å². The Balaban J connectivity index is -0.000000334. The number of rotatable bonds is 0. The van der Waals surface area contributed by atoms with Gasteiger partial charge in [0.15, 0.2) is 0 Å². The summed E-state index contributed by atoms with van der Waals surface area (Å²) < 4.78 is 0. The van der Waals surface area contributed by atoms with Gasteiger partial charge in [-0.15, -0.1) is 0 Å². The summed E-state index contributed by atoms with van der Waals surface area (Å²) in [6, 6.07) is 0. The molecule has 4 saturated carbocycles. The zero-order valence-corrected chi connectivity index (χ0v) is 26.7. The van der Waals surface area contributed by atoms with Crippen LogP contribution in [-0.4, -0.2) is 0 Å². The normalized spacial score (nSPS) is 19.4. The molecular formula is C34H74. The van der Waals surface area contributed by atoms with E-state index in [2.05, 4.69) is 76.2 Å². The van der Waals surface area contributed by atoms with Crippen LogP contribution < -0.4 is 0 Å². The van der Waals surface area contributed by atoms with Gasteiger partial charge in [0.1, 0.15) is 0 Å². The molecule has 0 saturated heterocycles. The SMILES string of the molecule is C1CCCC1.C1CCCC1.CC(C)(C)C.CC(C)C.CC1CCCC1.CC1CCCC1.CCC. The molecule has 210 valence electrons. The largest absolute Gasteiger partial charge is 0.0656 e. The first-order valence-corrected chi connectivity index (χ1v) is 15.9. The lowest BCUT2D eigenvalue weighted by molar-refractivity contribution is 0.469. The smallest absolute Gasteiger partial charge is 0.0411 e. The minimum Gasteiger partial charge on any atom is -0.0656 e. The maximum atomic E-state index is 2.34. The Bertz CT molecular complexity index is 266. The molecule has 34 heavy (non-hydrogen) atoms. The second kappa shape index (κ2) is 29.2. The van der Waals surface area contributed by atoms with E-state index in [-0.39, 0.29) is 0 Å². The predicted octanol–water partition coefficient (Wildman–Crippen LogP) is 13.4. The minimum atomic E-state index is 0.500. The second-order valence-electron chi connectivity index (χ2n) is 13.8. The van der Waals surface area contributed by atoms with Crippen molar-refractivity contribution in [1.29, 1.82) is 0 Å².